The van der Waals surface area contributed by atoms with Crippen LogP contribution in [0.5, 0.6) is 0 Å². The quantitative estimate of drug-likeness (QED) is 0.897. The minimum Gasteiger partial charge on any atom is -0.306 e. The first kappa shape index (κ1) is 15.4. The van der Waals surface area contributed by atoms with Gasteiger partial charge in [0.2, 0.25) is 0 Å². The van der Waals surface area contributed by atoms with E-state index in [0.717, 1.165) is 30.3 Å². The predicted octanol–water partition coefficient (Wildman–Crippen LogP) is 2.45. The van der Waals surface area contributed by atoms with Crippen molar-refractivity contribution in [2.75, 3.05) is 19.6 Å². The Kier molecular flexibility index (Phi) is 5.92. The van der Waals surface area contributed by atoms with Crippen LogP contribution >= 0.6 is 0 Å². The molecule has 0 spiro atoms. The van der Waals surface area contributed by atoms with E-state index in [9.17, 15) is 0 Å². The van der Waals surface area contributed by atoms with Crippen LogP contribution in [0.2, 0.25) is 0 Å². The van der Waals surface area contributed by atoms with Crippen molar-refractivity contribution in [1.82, 2.24) is 20.2 Å². The molecule has 1 fully saturated rings. The minimum absolute atomic E-state index is 0.484. The third-order valence-electron chi connectivity index (χ3n) is 3.87. The Morgan fingerprint density at radius 3 is 2.30 bits per heavy atom. The lowest BCUT2D eigenvalue weighted by atomic mass is 10.2. The normalized spacial score (nSPS) is 18.8. The molecule has 2 heterocycles. The van der Waals surface area contributed by atoms with Crippen LogP contribution in [0.1, 0.15) is 49.8 Å². The number of aromatic nitrogens is 2. The van der Waals surface area contributed by atoms with Gasteiger partial charge >= 0.3 is 0 Å². The van der Waals surface area contributed by atoms with Crippen molar-refractivity contribution in [1.29, 1.82) is 0 Å². The third-order valence-corrected chi connectivity index (χ3v) is 3.87. The van der Waals surface area contributed by atoms with Gasteiger partial charge in [-0.3, -0.25) is 0 Å². The molecule has 1 N–H and O–H groups in total. The van der Waals surface area contributed by atoms with Crippen LogP contribution in [0.15, 0.2) is 6.07 Å². The number of nitrogens with zero attached hydrogens (tertiary/aromatic N) is 3. The number of nitrogens with one attached hydrogen (secondary N) is 1. The predicted molar refractivity (Wildman–Crippen MR) is 82.7 cm³/mol. The molecule has 1 aromatic heterocycles. The molecule has 1 unspecified atom stereocenters. The molecule has 0 radical (unpaired) electrons. The van der Waals surface area contributed by atoms with E-state index in [4.69, 9.17) is 0 Å². The van der Waals surface area contributed by atoms with Crippen LogP contribution in [-0.4, -0.2) is 40.5 Å². The Morgan fingerprint density at radius 1 is 1.10 bits per heavy atom. The number of hydrogen-bond acceptors (Lipinski definition) is 4. The smallest absolute Gasteiger partial charge is 0.142 e. The van der Waals surface area contributed by atoms with Crippen LogP contribution in [0.3, 0.4) is 0 Å². The second-order valence-electron chi connectivity index (χ2n) is 6.06. The van der Waals surface area contributed by atoms with Gasteiger partial charge < -0.3 is 10.2 Å². The molecular weight excluding hydrogens is 248 g/mol. The Hall–Kier alpha value is -1.00. The molecule has 1 aliphatic rings. The summed E-state index contributed by atoms with van der Waals surface area (Å²) in [5, 5.41) is 3.55. The van der Waals surface area contributed by atoms with Gasteiger partial charge in [-0.2, -0.15) is 0 Å². The lowest BCUT2D eigenvalue weighted by Gasteiger charge is -2.24. The summed E-state index contributed by atoms with van der Waals surface area (Å²) in [6.45, 7) is 10.7. The lowest BCUT2D eigenvalue weighted by Crippen LogP contribution is -2.39. The van der Waals surface area contributed by atoms with Gasteiger partial charge in [0, 0.05) is 24.0 Å². The zero-order valence-corrected chi connectivity index (χ0v) is 13.2. The van der Waals surface area contributed by atoms with Crippen LogP contribution in [0.25, 0.3) is 0 Å². The summed E-state index contributed by atoms with van der Waals surface area (Å²) in [6.07, 6.45) is 5.50. The van der Waals surface area contributed by atoms with Gasteiger partial charge in [-0.25, -0.2) is 9.97 Å². The molecule has 1 aromatic rings. The van der Waals surface area contributed by atoms with Crippen molar-refractivity contribution in [3.63, 3.8) is 0 Å². The van der Waals surface area contributed by atoms with E-state index < -0.39 is 0 Å². The fourth-order valence-electron chi connectivity index (χ4n) is 2.91. The highest BCUT2D eigenvalue weighted by molar-refractivity contribution is 5.08. The number of hydrogen-bond donors (Lipinski definition) is 1. The van der Waals surface area contributed by atoms with E-state index in [-0.39, 0.29) is 0 Å². The molecule has 0 amide bonds. The van der Waals surface area contributed by atoms with Gasteiger partial charge in [-0.05, 0) is 52.8 Å². The topological polar surface area (TPSA) is 41.1 Å². The van der Waals surface area contributed by atoms with Crippen LogP contribution in [0.4, 0.5) is 0 Å². The van der Waals surface area contributed by atoms with E-state index in [2.05, 4.69) is 27.1 Å². The van der Waals surface area contributed by atoms with Gasteiger partial charge in [-0.1, -0.05) is 12.8 Å². The maximum absolute atomic E-state index is 4.48. The maximum Gasteiger partial charge on any atom is 0.142 e. The fraction of sp³-hybridized carbons (Fsp3) is 0.750. The zero-order chi connectivity index (χ0) is 14.4. The van der Waals surface area contributed by atoms with Gasteiger partial charge in [-0.15, -0.1) is 0 Å². The average Bonchev–Trinajstić information content (AvgIpc) is 2.64. The second-order valence-corrected chi connectivity index (χ2v) is 6.06. The van der Waals surface area contributed by atoms with E-state index in [1.807, 2.05) is 19.9 Å². The fourth-order valence-corrected chi connectivity index (χ4v) is 2.91. The molecule has 1 atom stereocenters. The van der Waals surface area contributed by atoms with Gasteiger partial charge in [0.1, 0.15) is 5.82 Å². The van der Waals surface area contributed by atoms with Gasteiger partial charge in [0.15, 0.2) is 0 Å². The molecular formula is C16H28N4. The largest absolute Gasteiger partial charge is 0.306 e. The van der Waals surface area contributed by atoms with Gasteiger partial charge in [0.25, 0.3) is 0 Å². The highest BCUT2D eigenvalue weighted by atomic mass is 15.1. The summed E-state index contributed by atoms with van der Waals surface area (Å²) >= 11 is 0. The summed E-state index contributed by atoms with van der Waals surface area (Å²) in [5.41, 5.74) is 2.10. The van der Waals surface area contributed by atoms with E-state index >= 15 is 0 Å². The molecule has 4 heteroatoms. The molecule has 4 nitrogen and oxygen atoms in total. The Balaban J connectivity index is 1.77. The summed E-state index contributed by atoms with van der Waals surface area (Å²) in [6, 6.07) is 2.50. The molecule has 2 rings (SSSR count). The summed E-state index contributed by atoms with van der Waals surface area (Å²) in [5.74, 6) is 0.908. The SMILES string of the molecule is Cc1cc(C)nc(CNC(C)CN2CCCCCC2)n1. The Bertz CT molecular complexity index is 391. The molecule has 20 heavy (non-hydrogen) atoms. The van der Waals surface area contributed by atoms with Crippen LogP contribution in [-0.2, 0) is 6.54 Å². The summed E-state index contributed by atoms with van der Waals surface area (Å²) in [4.78, 5) is 11.6. The summed E-state index contributed by atoms with van der Waals surface area (Å²) in [7, 11) is 0. The lowest BCUT2D eigenvalue weighted by molar-refractivity contribution is 0.255. The van der Waals surface area contributed by atoms with E-state index in [1.165, 1.54) is 38.8 Å². The number of aryl methyl sites for hydroxylation is 2. The van der Waals surface area contributed by atoms with Crippen LogP contribution < -0.4 is 5.32 Å². The first-order valence-corrected chi connectivity index (χ1v) is 7.90. The van der Waals surface area contributed by atoms with Crippen molar-refractivity contribution in [2.24, 2.45) is 0 Å². The molecule has 1 saturated heterocycles. The molecule has 0 aromatic carbocycles. The molecule has 0 saturated carbocycles. The zero-order valence-electron chi connectivity index (χ0n) is 13.2. The molecule has 0 aliphatic carbocycles. The standard InChI is InChI=1S/C16H28N4/c1-13-10-14(2)19-16(18-13)11-17-15(3)12-20-8-6-4-5-7-9-20/h10,15,17H,4-9,11-12H2,1-3H3. The van der Waals surface area contributed by atoms with E-state index in [1.54, 1.807) is 0 Å². The van der Waals surface area contributed by atoms with Crippen molar-refractivity contribution in [3.05, 3.63) is 23.3 Å². The monoisotopic (exact) mass is 276 g/mol. The first-order chi connectivity index (χ1) is 9.63. The number of likely N-dealkylation sites (tertiary alicyclic amines) is 1. The molecule has 0 bridgehead atoms. The van der Waals surface area contributed by atoms with E-state index in [0.29, 0.717) is 6.04 Å². The van der Waals surface area contributed by atoms with Gasteiger partial charge in [0.05, 0.1) is 6.54 Å². The highest BCUT2D eigenvalue weighted by Gasteiger charge is 2.12. The Labute approximate surface area is 123 Å². The van der Waals surface area contributed by atoms with Crippen molar-refractivity contribution in [3.8, 4) is 0 Å². The second kappa shape index (κ2) is 7.70. The Morgan fingerprint density at radius 2 is 1.70 bits per heavy atom. The average molecular weight is 276 g/mol. The highest BCUT2D eigenvalue weighted by Crippen LogP contribution is 2.10. The number of rotatable bonds is 5. The van der Waals surface area contributed by atoms with Crippen molar-refractivity contribution < 1.29 is 0 Å². The van der Waals surface area contributed by atoms with Crippen LogP contribution in [0, 0.1) is 13.8 Å². The maximum atomic E-state index is 4.48. The van der Waals surface area contributed by atoms with Crippen molar-refractivity contribution >= 4 is 0 Å². The molecule has 112 valence electrons. The minimum atomic E-state index is 0.484. The first-order valence-electron chi connectivity index (χ1n) is 7.90. The third kappa shape index (κ3) is 5.17. The molecule has 1 aliphatic heterocycles. The van der Waals surface area contributed by atoms with Crippen molar-refractivity contribution in [2.45, 2.75) is 59.0 Å². The summed E-state index contributed by atoms with van der Waals surface area (Å²) < 4.78 is 0.